The number of hydrogen-bond acceptors (Lipinski definition) is 3. The number of amides is 2. The van der Waals surface area contributed by atoms with E-state index in [0.29, 0.717) is 12.0 Å². The summed E-state index contributed by atoms with van der Waals surface area (Å²) in [5.74, 6) is -0.364. The zero-order valence-corrected chi connectivity index (χ0v) is 8.08. The number of nitrogens with one attached hydrogen (secondary N) is 1. The van der Waals surface area contributed by atoms with Crippen molar-refractivity contribution in [3.63, 3.8) is 0 Å². The van der Waals surface area contributed by atoms with Crippen LogP contribution in [0.1, 0.15) is 26.2 Å². The highest BCUT2D eigenvalue weighted by atomic mass is 16.5. The number of urea groups is 1. The normalized spacial score (nSPS) is 23.6. The molecule has 0 saturated carbocycles. The first kappa shape index (κ1) is 10.6. The molecule has 5 nitrogen and oxygen atoms in total. The Balaban J connectivity index is 2.51. The molecule has 3 N–H and O–H groups in total. The van der Waals surface area contributed by atoms with E-state index in [1.807, 2.05) is 6.92 Å². The average Bonchev–Trinajstić information content (AvgIpc) is 2.44. The molecule has 0 bridgehead atoms. The van der Waals surface area contributed by atoms with Crippen LogP contribution in [0, 0.1) is 0 Å². The van der Waals surface area contributed by atoms with Gasteiger partial charge in [0.1, 0.15) is 6.10 Å². The van der Waals surface area contributed by atoms with E-state index in [0.717, 1.165) is 12.8 Å². The molecule has 1 rings (SSSR count). The molecule has 78 valence electrons. The average molecular weight is 198 g/mol. The van der Waals surface area contributed by atoms with Crippen molar-refractivity contribution >= 4 is 12.0 Å². The van der Waals surface area contributed by atoms with Crippen molar-refractivity contribution in [3.8, 4) is 0 Å². The van der Waals surface area contributed by atoms with Crippen molar-refractivity contribution in [2.75, 3.05) is 0 Å². The van der Waals surface area contributed by atoms with Crippen LogP contribution >= 0.6 is 0 Å². The second-order valence-corrected chi connectivity index (χ2v) is 3.20. The molecule has 1 aliphatic rings. The van der Waals surface area contributed by atoms with Crippen LogP contribution in [0.2, 0.25) is 0 Å². The van der Waals surface area contributed by atoms with Gasteiger partial charge in [-0.1, -0.05) is 13.3 Å². The third-order valence-electron chi connectivity index (χ3n) is 1.98. The van der Waals surface area contributed by atoms with Gasteiger partial charge in [-0.15, -0.1) is 0 Å². The number of rotatable bonds is 3. The minimum atomic E-state index is -0.677. The summed E-state index contributed by atoms with van der Waals surface area (Å²) >= 11 is 0. The van der Waals surface area contributed by atoms with Crippen LogP contribution in [0.3, 0.4) is 0 Å². The van der Waals surface area contributed by atoms with Gasteiger partial charge in [0.25, 0.3) is 0 Å². The SMILES string of the molecule is CCCC1C/C(=C\NC(N)=O)C(=O)O1. The minimum absolute atomic E-state index is 0.0478. The van der Waals surface area contributed by atoms with Gasteiger partial charge in [-0.3, -0.25) is 0 Å². The third kappa shape index (κ3) is 2.76. The summed E-state index contributed by atoms with van der Waals surface area (Å²) in [5.41, 5.74) is 5.34. The van der Waals surface area contributed by atoms with E-state index in [-0.39, 0.29) is 12.1 Å². The molecule has 0 radical (unpaired) electrons. The smallest absolute Gasteiger partial charge is 0.335 e. The number of ether oxygens (including phenoxy) is 1. The number of primary amides is 1. The van der Waals surface area contributed by atoms with Crippen molar-refractivity contribution in [2.24, 2.45) is 5.73 Å². The molecule has 0 aromatic carbocycles. The van der Waals surface area contributed by atoms with E-state index in [4.69, 9.17) is 10.5 Å². The molecule has 1 fully saturated rings. The molecule has 0 aliphatic carbocycles. The lowest BCUT2D eigenvalue weighted by Gasteiger charge is -2.04. The summed E-state index contributed by atoms with van der Waals surface area (Å²) in [6.07, 6.45) is 3.63. The predicted octanol–water partition coefficient (Wildman–Crippen LogP) is 0.654. The molecule has 2 amide bonds. The molecular formula is C9H14N2O3. The maximum Gasteiger partial charge on any atom is 0.335 e. The van der Waals surface area contributed by atoms with Crippen molar-refractivity contribution < 1.29 is 14.3 Å². The topological polar surface area (TPSA) is 81.4 Å². The Hall–Kier alpha value is -1.52. The maximum atomic E-state index is 11.2. The number of carbonyl (C=O) groups is 2. The molecule has 0 aromatic rings. The Morgan fingerprint density at radius 3 is 3.07 bits per heavy atom. The Kier molecular flexibility index (Phi) is 3.50. The third-order valence-corrected chi connectivity index (χ3v) is 1.98. The van der Waals surface area contributed by atoms with Crippen LogP contribution in [0.5, 0.6) is 0 Å². The van der Waals surface area contributed by atoms with Gasteiger partial charge in [-0.05, 0) is 6.42 Å². The standard InChI is InChI=1S/C9H14N2O3/c1-2-3-7-4-6(8(12)14-7)5-11-9(10)13/h5,7H,2-4H2,1H3,(H3,10,11,13)/b6-5+. The number of cyclic esters (lactones) is 1. The highest BCUT2D eigenvalue weighted by Crippen LogP contribution is 2.22. The monoisotopic (exact) mass is 198 g/mol. The van der Waals surface area contributed by atoms with Gasteiger partial charge in [0.15, 0.2) is 0 Å². The Bertz CT molecular complexity index is 273. The zero-order chi connectivity index (χ0) is 10.6. The molecular weight excluding hydrogens is 184 g/mol. The maximum absolute atomic E-state index is 11.2. The summed E-state index contributed by atoms with van der Waals surface area (Å²) in [6.45, 7) is 2.03. The Labute approximate surface area is 82.3 Å². The van der Waals surface area contributed by atoms with Crippen molar-refractivity contribution in [3.05, 3.63) is 11.8 Å². The summed E-state index contributed by atoms with van der Waals surface area (Å²) in [4.78, 5) is 21.6. The molecule has 0 spiro atoms. The molecule has 0 aromatic heterocycles. The van der Waals surface area contributed by atoms with Gasteiger partial charge in [0.2, 0.25) is 0 Å². The first-order valence-corrected chi connectivity index (χ1v) is 4.59. The van der Waals surface area contributed by atoms with Crippen LogP contribution in [-0.2, 0) is 9.53 Å². The van der Waals surface area contributed by atoms with Crippen LogP contribution < -0.4 is 11.1 Å². The lowest BCUT2D eigenvalue weighted by Crippen LogP contribution is -2.25. The van der Waals surface area contributed by atoms with Gasteiger partial charge in [-0.25, -0.2) is 9.59 Å². The Morgan fingerprint density at radius 2 is 2.50 bits per heavy atom. The van der Waals surface area contributed by atoms with E-state index < -0.39 is 6.03 Å². The van der Waals surface area contributed by atoms with E-state index in [1.165, 1.54) is 6.20 Å². The van der Waals surface area contributed by atoms with Gasteiger partial charge in [-0.2, -0.15) is 0 Å². The number of esters is 1. The molecule has 1 atom stereocenters. The van der Waals surface area contributed by atoms with Gasteiger partial charge in [0.05, 0.1) is 5.57 Å². The first-order chi connectivity index (χ1) is 6.63. The van der Waals surface area contributed by atoms with Gasteiger partial charge in [0, 0.05) is 12.6 Å². The molecule has 1 unspecified atom stereocenters. The van der Waals surface area contributed by atoms with E-state index in [9.17, 15) is 9.59 Å². The van der Waals surface area contributed by atoms with Crippen LogP contribution in [-0.4, -0.2) is 18.1 Å². The van der Waals surface area contributed by atoms with Gasteiger partial charge >= 0.3 is 12.0 Å². The fourth-order valence-corrected chi connectivity index (χ4v) is 1.36. The first-order valence-electron chi connectivity index (χ1n) is 4.59. The minimum Gasteiger partial charge on any atom is -0.459 e. The van der Waals surface area contributed by atoms with Gasteiger partial charge < -0.3 is 15.8 Å². The quantitative estimate of drug-likeness (QED) is 0.516. The molecule has 1 aliphatic heterocycles. The molecule has 5 heteroatoms. The summed E-state index contributed by atoms with van der Waals surface area (Å²) in [7, 11) is 0. The molecule has 1 heterocycles. The predicted molar refractivity (Wildman–Crippen MR) is 50.2 cm³/mol. The molecule has 1 saturated heterocycles. The van der Waals surface area contributed by atoms with Crippen LogP contribution in [0.25, 0.3) is 0 Å². The molecule has 14 heavy (non-hydrogen) atoms. The van der Waals surface area contributed by atoms with Crippen molar-refractivity contribution in [1.29, 1.82) is 0 Å². The van der Waals surface area contributed by atoms with E-state index >= 15 is 0 Å². The fraction of sp³-hybridized carbons (Fsp3) is 0.556. The summed E-state index contributed by atoms with van der Waals surface area (Å²) in [6, 6.07) is -0.677. The lowest BCUT2D eigenvalue weighted by molar-refractivity contribution is -0.139. The van der Waals surface area contributed by atoms with Crippen LogP contribution in [0.4, 0.5) is 4.79 Å². The second kappa shape index (κ2) is 4.64. The highest BCUT2D eigenvalue weighted by Gasteiger charge is 2.27. The van der Waals surface area contributed by atoms with E-state index in [2.05, 4.69) is 5.32 Å². The zero-order valence-electron chi connectivity index (χ0n) is 8.08. The van der Waals surface area contributed by atoms with Crippen molar-refractivity contribution in [2.45, 2.75) is 32.3 Å². The Morgan fingerprint density at radius 1 is 1.79 bits per heavy atom. The summed E-state index contributed by atoms with van der Waals surface area (Å²) < 4.78 is 5.05. The largest absolute Gasteiger partial charge is 0.459 e. The number of hydrogen-bond donors (Lipinski definition) is 2. The van der Waals surface area contributed by atoms with E-state index in [1.54, 1.807) is 0 Å². The summed E-state index contributed by atoms with van der Waals surface area (Å²) in [5, 5.41) is 2.26. The number of carbonyl (C=O) groups excluding carboxylic acids is 2. The van der Waals surface area contributed by atoms with Crippen LogP contribution in [0.15, 0.2) is 11.8 Å². The highest BCUT2D eigenvalue weighted by molar-refractivity contribution is 5.91. The number of nitrogens with two attached hydrogens (primary N) is 1. The fourth-order valence-electron chi connectivity index (χ4n) is 1.36. The van der Waals surface area contributed by atoms with Crippen molar-refractivity contribution in [1.82, 2.24) is 5.32 Å². The lowest BCUT2D eigenvalue weighted by atomic mass is 10.1. The second-order valence-electron chi connectivity index (χ2n) is 3.20.